The van der Waals surface area contributed by atoms with Crippen molar-refractivity contribution in [1.82, 2.24) is 19.7 Å². The van der Waals surface area contributed by atoms with Crippen molar-refractivity contribution in [2.75, 3.05) is 11.4 Å². The molecule has 0 saturated carbocycles. The average Bonchev–Trinajstić information content (AvgIpc) is 3.11. The number of fused-ring (bicyclic) bond motifs is 2. The number of benzene rings is 1. The number of anilines is 1. The van der Waals surface area contributed by atoms with E-state index in [4.69, 9.17) is 4.98 Å². The number of aromatic nitrogens is 4. The molecular formula is C20H21N5. The molecule has 5 nitrogen and oxygen atoms in total. The molecule has 0 unspecified atom stereocenters. The Labute approximate surface area is 147 Å². The Morgan fingerprint density at radius 1 is 0.880 bits per heavy atom. The highest BCUT2D eigenvalue weighted by Crippen LogP contribution is 2.26. The van der Waals surface area contributed by atoms with Gasteiger partial charge in [-0.05, 0) is 43.4 Å². The van der Waals surface area contributed by atoms with Gasteiger partial charge in [0.1, 0.15) is 0 Å². The summed E-state index contributed by atoms with van der Waals surface area (Å²) in [5.74, 6) is 0.874. The van der Waals surface area contributed by atoms with Crippen LogP contribution in [0.25, 0.3) is 5.69 Å². The van der Waals surface area contributed by atoms with Crippen molar-refractivity contribution >= 4 is 5.95 Å². The quantitative estimate of drug-likeness (QED) is 0.724. The van der Waals surface area contributed by atoms with Gasteiger partial charge in [0.15, 0.2) is 0 Å². The number of aryl methyl sites for hydroxylation is 2. The van der Waals surface area contributed by atoms with Crippen LogP contribution in [-0.4, -0.2) is 26.3 Å². The van der Waals surface area contributed by atoms with Gasteiger partial charge in [-0.15, -0.1) is 0 Å². The maximum Gasteiger partial charge on any atom is 0.225 e. The van der Waals surface area contributed by atoms with Gasteiger partial charge in [0.05, 0.1) is 17.6 Å². The highest BCUT2D eigenvalue weighted by molar-refractivity contribution is 5.42. The molecule has 0 N–H and O–H groups in total. The van der Waals surface area contributed by atoms with Gasteiger partial charge in [-0.3, -0.25) is 0 Å². The van der Waals surface area contributed by atoms with Crippen LogP contribution in [0.3, 0.4) is 0 Å². The van der Waals surface area contributed by atoms with E-state index in [0.29, 0.717) is 0 Å². The van der Waals surface area contributed by atoms with Crippen molar-refractivity contribution in [3.8, 4) is 5.69 Å². The fraction of sp³-hybridized carbons (Fsp3) is 0.350. The molecule has 1 aromatic carbocycles. The maximum atomic E-state index is 4.86. The topological polar surface area (TPSA) is 46.8 Å². The minimum atomic E-state index is 0.834. The number of nitrogens with zero attached hydrogens (tertiary/aromatic N) is 5. The second-order valence-corrected chi connectivity index (χ2v) is 6.88. The van der Waals surface area contributed by atoms with Crippen molar-refractivity contribution in [2.45, 2.75) is 38.6 Å². The lowest BCUT2D eigenvalue weighted by Crippen LogP contribution is -2.32. The molecule has 5 heteroatoms. The van der Waals surface area contributed by atoms with Crippen LogP contribution in [0.5, 0.6) is 0 Å². The van der Waals surface area contributed by atoms with E-state index >= 15 is 0 Å². The Bertz CT molecular complexity index is 900. The Morgan fingerprint density at radius 2 is 1.76 bits per heavy atom. The third kappa shape index (κ3) is 2.60. The van der Waals surface area contributed by atoms with Gasteiger partial charge in [0.2, 0.25) is 5.95 Å². The first-order valence-corrected chi connectivity index (χ1v) is 9.09. The van der Waals surface area contributed by atoms with E-state index in [9.17, 15) is 0 Å². The molecule has 126 valence electrons. The molecule has 0 fully saturated rings. The fourth-order valence-corrected chi connectivity index (χ4v) is 3.91. The molecule has 1 aliphatic carbocycles. The summed E-state index contributed by atoms with van der Waals surface area (Å²) in [7, 11) is 0. The molecule has 1 aliphatic heterocycles. The Balaban J connectivity index is 1.43. The number of hydrogen-bond acceptors (Lipinski definition) is 4. The van der Waals surface area contributed by atoms with Gasteiger partial charge in [-0.1, -0.05) is 18.2 Å². The Kier molecular flexibility index (Phi) is 3.51. The summed E-state index contributed by atoms with van der Waals surface area (Å²) in [4.78, 5) is 11.8. The minimum absolute atomic E-state index is 0.834. The zero-order chi connectivity index (χ0) is 16.6. The number of para-hydroxylation sites is 1. The number of hydrogen-bond donors (Lipinski definition) is 0. The summed E-state index contributed by atoms with van der Waals surface area (Å²) in [5.41, 5.74) is 6.30. The molecule has 3 aromatic rings. The largest absolute Gasteiger partial charge is 0.336 e. The summed E-state index contributed by atoms with van der Waals surface area (Å²) in [5, 5.41) is 4.62. The predicted molar refractivity (Wildman–Crippen MR) is 97.0 cm³/mol. The van der Waals surface area contributed by atoms with E-state index < -0.39 is 0 Å². The first-order chi connectivity index (χ1) is 12.4. The van der Waals surface area contributed by atoms with Crippen molar-refractivity contribution in [2.24, 2.45) is 0 Å². The van der Waals surface area contributed by atoms with Crippen LogP contribution in [-0.2, 0) is 25.8 Å². The Hall–Kier alpha value is -2.69. The summed E-state index contributed by atoms with van der Waals surface area (Å²) >= 11 is 0. The van der Waals surface area contributed by atoms with Gasteiger partial charge < -0.3 is 4.90 Å². The highest BCUT2D eigenvalue weighted by atomic mass is 15.3. The summed E-state index contributed by atoms with van der Waals surface area (Å²) in [6.07, 6.45) is 9.73. The molecule has 0 radical (unpaired) electrons. The van der Waals surface area contributed by atoms with E-state index in [1.807, 2.05) is 18.5 Å². The predicted octanol–water partition coefficient (Wildman–Crippen LogP) is 3.10. The molecule has 2 aliphatic rings. The van der Waals surface area contributed by atoms with E-state index in [2.05, 4.69) is 43.9 Å². The third-order valence-corrected chi connectivity index (χ3v) is 5.27. The first kappa shape index (κ1) is 14.6. The minimum Gasteiger partial charge on any atom is -0.336 e. The molecule has 0 atom stereocenters. The summed E-state index contributed by atoms with van der Waals surface area (Å²) in [6, 6.07) is 10.4. The van der Waals surface area contributed by atoms with Gasteiger partial charge >= 0.3 is 0 Å². The van der Waals surface area contributed by atoms with Crippen LogP contribution in [0.4, 0.5) is 5.95 Å². The van der Waals surface area contributed by atoms with Crippen LogP contribution in [0, 0.1) is 0 Å². The lowest BCUT2D eigenvalue weighted by molar-refractivity contribution is 0.642. The third-order valence-electron chi connectivity index (χ3n) is 5.27. The molecule has 0 amide bonds. The zero-order valence-corrected chi connectivity index (χ0v) is 14.2. The standard InChI is InChI=1S/C20H21N5/c1-2-7-17(8-3-1)25-19-10-11-24(14-16(19)13-22-25)20-21-12-15-6-4-5-9-18(15)23-20/h1-3,7-8,12-13H,4-6,9-11,14H2. The van der Waals surface area contributed by atoms with Crippen LogP contribution in [0.1, 0.15) is 35.4 Å². The smallest absolute Gasteiger partial charge is 0.225 e. The lowest BCUT2D eigenvalue weighted by Gasteiger charge is -2.28. The van der Waals surface area contributed by atoms with Gasteiger partial charge in [-0.2, -0.15) is 5.10 Å². The normalized spacial score (nSPS) is 16.4. The molecule has 25 heavy (non-hydrogen) atoms. The van der Waals surface area contributed by atoms with E-state index in [1.54, 1.807) is 0 Å². The fourth-order valence-electron chi connectivity index (χ4n) is 3.91. The number of rotatable bonds is 2. The van der Waals surface area contributed by atoms with Crippen molar-refractivity contribution in [1.29, 1.82) is 0 Å². The van der Waals surface area contributed by atoms with Crippen LogP contribution in [0.15, 0.2) is 42.7 Å². The second kappa shape index (κ2) is 5.99. The van der Waals surface area contributed by atoms with Crippen molar-refractivity contribution in [3.05, 3.63) is 65.2 Å². The average molecular weight is 331 g/mol. The summed E-state index contributed by atoms with van der Waals surface area (Å²) in [6.45, 7) is 1.77. The lowest BCUT2D eigenvalue weighted by atomic mass is 9.98. The Morgan fingerprint density at radius 3 is 2.68 bits per heavy atom. The van der Waals surface area contributed by atoms with Gasteiger partial charge in [0.25, 0.3) is 0 Å². The van der Waals surface area contributed by atoms with Crippen LogP contribution in [0.2, 0.25) is 0 Å². The molecule has 0 spiro atoms. The molecule has 2 aromatic heterocycles. The molecule has 3 heterocycles. The maximum absolute atomic E-state index is 4.86. The van der Waals surface area contributed by atoms with Crippen molar-refractivity contribution < 1.29 is 0 Å². The molecule has 5 rings (SSSR count). The SMILES string of the molecule is c1ccc(-n2ncc3c2CCN(c2ncc4c(n2)CCCC4)C3)cc1. The van der Waals surface area contributed by atoms with E-state index in [-0.39, 0.29) is 0 Å². The van der Waals surface area contributed by atoms with Gasteiger partial charge in [0, 0.05) is 37.0 Å². The summed E-state index contributed by atoms with van der Waals surface area (Å²) < 4.78 is 2.07. The molecular weight excluding hydrogens is 310 g/mol. The monoisotopic (exact) mass is 331 g/mol. The van der Waals surface area contributed by atoms with Gasteiger partial charge in [-0.25, -0.2) is 14.6 Å². The molecule has 0 bridgehead atoms. The highest BCUT2D eigenvalue weighted by Gasteiger charge is 2.23. The first-order valence-electron chi connectivity index (χ1n) is 9.09. The van der Waals surface area contributed by atoms with E-state index in [1.165, 1.54) is 35.4 Å². The van der Waals surface area contributed by atoms with Crippen molar-refractivity contribution in [3.63, 3.8) is 0 Å². The van der Waals surface area contributed by atoms with Crippen LogP contribution < -0.4 is 4.90 Å². The second-order valence-electron chi connectivity index (χ2n) is 6.88. The van der Waals surface area contributed by atoms with Crippen LogP contribution >= 0.6 is 0 Å². The zero-order valence-electron chi connectivity index (χ0n) is 14.2. The molecule has 0 saturated heterocycles. The van der Waals surface area contributed by atoms with E-state index in [0.717, 1.165) is 44.0 Å².